The molecule has 0 aromatic heterocycles. The Labute approximate surface area is 473 Å². The van der Waals surface area contributed by atoms with Crippen molar-refractivity contribution in [1.29, 1.82) is 0 Å². The molecule has 0 aliphatic carbocycles. The summed E-state index contributed by atoms with van der Waals surface area (Å²) < 4.78 is 11.2. The molecule has 0 aromatic carbocycles. The molecule has 77 heavy (non-hydrogen) atoms. The van der Waals surface area contributed by atoms with Gasteiger partial charge in [-0.15, -0.1) is 0 Å². The highest BCUT2D eigenvalue weighted by atomic mass is 16.7. The van der Waals surface area contributed by atoms with Gasteiger partial charge in [0, 0.05) is 0 Å². The van der Waals surface area contributed by atoms with E-state index in [-0.39, 0.29) is 12.8 Å². The minimum atomic E-state index is -1.67. The Morgan fingerprint density at radius 3 is 1.19 bits per heavy atom. The van der Waals surface area contributed by atoms with Gasteiger partial charge in [0.2, 0.25) is 5.91 Å². The molecule has 1 heterocycles. The monoisotopic (exact) mass is 1090 g/mol. The summed E-state index contributed by atoms with van der Waals surface area (Å²) in [5.74, 6) is -0.702. The molecule has 11 heteroatoms. The zero-order valence-electron chi connectivity index (χ0n) is 50.0. The molecule has 11 nitrogen and oxygen atoms in total. The summed E-state index contributed by atoms with van der Waals surface area (Å²) in [6, 6.07) is -1.18. The number of ether oxygens (including phenoxy) is 2. The lowest BCUT2D eigenvalue weighted by Crippen LogP contribution is -2.60. The highest BCUT2D eigenvalue weighted by molar-refractivity contribution is 5.80. The quantitative estimate of drug-likeness (QED) is 0.0215. The van der Waals surface area contributed by atoms with Gasteiger partial charge in [0.1, 0.15) is 36.6 Å². The molecular weight excluding hydrogens is 967 g/mol. The first-order valence-corrected chi connectivity index (χ1v) is 32.9. The number of hydrogen-bond donors (Lipinski definition) is 8. The van der Waals surface area contributed by atoms with Crippen molar-refractivity contribution < 1.29 is 50.0 Å². The SMILES string of the molecule is CCCCCCCCCCC/C=C\C/C=C\CCCCCCCCCCCCCCCCCCC(O)C(=O)NC(COC1OC(CO)C(O)C(O)C1O)C(O)C(O)CCC/C=C/CCCCCCCCCCCCCCC. The molecule has 1 amide bonds. The average molecular weight is 1090 g/mol. The van der Waals surface area contributed by atoms with Crippen molar-refractivity contribution >= 4 is 5.91 Å². The fraction of sp³-hybridized carbons (Fsp3) is 0.894. The van der Waals surface area contributed by atoms with E-state index < -0.39 is 74.2 Å². The first-order valence-electron chi connectivity index (χ1n) is 32.9. The molecule has 1 rings (SSSR count). The number of amides is 1. The van der Waals surface area contributed by atoms with Gasteiger partial charge in [0.15, 0.2) is 6.29 Å². The van der Waals surface area contributed by atoms with Crippen molar-refractivity contribution in [3.05, 3.63) is 36.5 Å². The normalized spacial score (nSPS) is 19.7. The zero-order chi connectivity index (χ0) is 56.1. The number of carbonyl (C=O) groups is 1. The second-order valence-electron chi connectivity index (χ2n) is 23.2. The van der Waals surface area contributed by atoms with Crippen LogP contribution in [-0.2, 0) is 14.3 Å². The predicted octanol–water partition coefficient (Wildman–Crippen LogP) is 15.0. The van der Waals surface area contributed by atoms with Gasteiger partial charge in [-0.3, -0.25) is 4.79 Å². The Morgan fingerprint density at radius 2 is 0.805 bits per heavy atom. The van der Waals surface area contributed by atoms with Gasteiger partial charge in [-0.05, 0) is 70.6 Å². The highest BCUT2D eigenvalue weighted by Gasteiger charge is 2.44. The molecule has 9 atom stereocenters. The number of carbonyl (C=O) groups excluding carboxylic acids is 1. The number of hydrogen-bond acceptors (Lipinski definition) is 10. The number of unbranched alkanes of at least 4 members (excludes halogenated alkanes) is 39. The van der Waals surface area contributed by atoms with Crippen LogP contribution in [0.15, 0.2) is 36.5 Å². The third kappa shape index (κ3) is 42.8. The standard InChI is InChI=1S/C66H125NO10/c1-3-5-7-9-11-13-15-17-19-21-23-24-25-26-27-28-29-30-31-32-33-34-35-36-38-40-42-44-46-48-50-52-54-59(70)65(75)67-57(56-76-66-64(74)63(73)62(72)60(55-68)77-66)61(71)58(69)53-51-49-47-45-43-41-39-37-22-20-18-16-14-12-10-8-6-4-2/h23-24,26-27,45,47,57-64,66,68-74H,3-22,25,28-44,46,48-56H2,1-2H3,(H,67,75)/b24-23-,27-26-,47-45+. The number of allylic oxidation sites excluding steroid dienone is 6. The van der Waals surface area contributed by atoms with Crippen LogP contribution in [0.4, 0.5) is 0 Å². The fourth-order valence-corrected chi connectivity index (χ4v) is 10.6. The van der Waals surface area contributed by atoms with Crippen LogP contribution in [0.1, 0.15) is 309 Å². The van der Waals surface area contributed by atoms with E-state index in [1.54, 1.807) is 0 Å². The van der Waals surface area contributed by atoms with Crippen LogP contribution >= 0.6 is 0 Å². The van der Waals surface area contributed by atoms with Crippen LogP contribution in [-0.4, -0.2) is 110 Å². The molecule has 1 aliphatic heterocycles. The minimum absolute atomic E-state index is 0.255. The van der Waals surface area contributed by atoms with Crippen LogP contribution in [0.5, 0.6) is 0 Å². The molecule has 0 aromatic rings. The van der Waals surface area contributed by atoms with E-state index in [1.807, 2.05) is 0 Å². The summed E-state index contributed by atoms with van der Waals surface area (Å²) in [5.41, 5.74) is 0. The Bertz CT molecular complexity index is 1350. The van der Waals surface area contributed by atoms with Crippen molar-refractivity contribution in [2.75, 3.05) is 13.2 Å². The predicted molar refractivity (Wildman–Crippen MR) is 321 cm³/mol. The van der Waals surface area contributed by atoms with E-state index in [2.05, 4.69) is 55.6 Å². The van der Waals surface area contributed by atoms with E-state index in [0.29, 0.717) is 12.8 Å². The van der Waals surface area contributed by atoms with Gasteiger partial charge in [-0.1, -0.05) is 275 Å². The second-order valence-corrected chi connectivity index (χ2v) is 23.2. The van der Waals surface area contributed by atoms with E-state index in [1.165, 1.54) is 225 Å². The maximum absolute atomic E-state index is 13.2. The van der Waals surface area contributed by atoms with Crippen LogP contribution in [0, 0.1) is 0 Å². The highest BCUT2D eigenvalue weighted by Crippen LogP contribution is 2.24. The summed E-state index contributed by atoms with van der Waals surface area (Å²) in [5, 5.41) is 76.3. The van der Waals surface area contributed by atoms with Crippen molar-refractivity contribution in [1.82, 2.24) is 5.32 Å². The van der Waals surface area contributed by atoms with Gasteiger partial charge < -0.3 is 50.5 Å². The minimum Gasteiger partial charge on any atom is -0.394 e. The Kier molecular flexibility index (Phi) is 52.3. The lowest BCUT2D eigenvalue weighted by Gasteiger charge is -2.40. The zero-order valence-corrected chi connectivity index (χ0v) is 50.0. The topological polar surface area (TPSA) is 189 Å². The Balaban J connectivity index is 2.21. The van der Waals surface area contributed by atoms with Gasteiger partial charge in [-0.2, -0.15) is 0 Å². The lowest BCUT2D eigenvalue weighted by atomic mass is 9.98. The largest absolute Gasteiger partial charge is 0.394 e. The molecule has 454 valence electrons. The van der Waals surface area contributed by atoms with Gasteiger partial charge in [0.25, 0.3) is 0 Å². The molecule has 1 fully saturated rings. The number of nitrogens with one attached hydrogen (secondary N) is 1. The molecule has 0 radical (unpaired) electrons. The first kappa shape index (κ1) is 73.3. The van der Waals surface area contributed by atoms with Crippen LogP contribution in [0.25, 0.3) is 0 Å². The van der Waals surface area contributed by atoms with Gasteiger partial charge in [0.05, 0.1) is 25.4 Å². The van der Waals surface area contributed by atoms with Crippen LogP contribution in [0.3, 0.4) is 0 Å². The maximum Gasteiger partial charge on any atom is 0.249 e. The van der Waals surface area contributed by atoms with E-state index >= 15 is 0 Å². The smallest absolute Gasteiger partial charge is 0.249 e. The number of rotatable bonds is 57. The molecule has 0 spiro atoms. The summed E-state index contributed by atoms with van der Waals surface area (Å²) in [6.07, 6.45) is 57.9. The molecule has 0 saturated carbocycles. The van der Waals surface area contributed by atoms with E-state index in [0.717, 1.165) is 44.9 Å². The van der Waals surface area contributed by atoms with Gasteiger partial charge in [-0.25, -0.2) is 0 Å². The summed E-state index contributed by atoms with van der Waals surface area (Å²) in [4.78, 5) is 13.2. The third-order valence-electron chi connectivity index (χ3n) is 15.9. The van der Waals surface area contributed by atoms with E-state index in [4.69, 9.17) is 9.47 Å². The van der Waals surface area contributed by atoms with E-state index in [9.17, 15) is 40.5 Å². The fourth-order valence-electron chi connectivity index (χ4n) is 10.6. The Hall–Kier alpha value is -1.67. The first-order chi connectivity index (χ1) is 37.7. The van der Waals surface area contributed by atoms with Gasteiger partial charge >= 0.3 is 0 Å². The Morgan fingerprint density at radius 1 is 0.455 bits per heavy atom. The molecule has 1 aliphatic rings. The summed E-state index contributed by atoms with van der Waals surface area (Å²) >= 11 is 0. The average Bonchev–Trinajstić information content (AvgIpc) is 3.43. The van der Waals surface area contributed by atoms with Crippen molar-refractivity contribution in [3.8, 4) is 0 Å². The molecule has 0 bridgehead atoms. The molecule has 8 N–H and O–H groups in total. The van der Waals surface area contributed by atoms with Crippen LogP contribution < -0.4 is 5.32 Å². The summed E-state index contributed by atoms with van der Waals surface area (Å²) in [7, 11) is 0. The third-order valence-corrected chi connectivity index (χ3v) is 15.9. The molecule has 9 unspecified atom stereocenters. The molecular formula is C66H125NO10. The number of aliphatic hydroxyl groups excluding tert-OH is 7. The second kappa shape index (κ2) is 54.9. The van der Waals surface area contributed by atoms with Crippen molar-refractivity contribution in [3.63, 3.8) is 0 Å². The van der Waals surface area contributed by atoms with Crippen molar-refractivity contribution in [2.24, 2.45) is 0 Å². The van der Waals surface area contributed by atoms with Crippen LogP contribution in [0.2, 0.25) is 0 Å². The van der Waals surface area contributed by atoms with Crippen molar-refractivity contribution in [2.45, 2.75) is 364 Å². The molecule has 1 saturated heterocycles. The number of aliphatic hydroxyl groups is 7. The maximum atomic E-state index is 13.2. The lowest BCUT2D eigenvalue weighted by molar-refractivity contribution is -0.303. The summed E-state index contributed by atoms with van der Waals surface area (Å²) in [6.45, 7) is 3.48.